The molecule has 0 aromatic carbocycles. The van der Waals surface area contributed by atoms with Gasteiger partial charge in [0, 0.05) is 5.75 Å². The Kier molecular flexibility index (Phi) is 9.31. The van der Waals surface area contributed by atoms with Gasteiger partial charge in [-0.25, -0.2) is 0 Å². The third-order valence-corrected chi connectivity index (χ3v) is 11.2. The Morgan fingerprint density at radius 1 is 1.14 bits per heavy atom. The lowest BCUT2D eigenvalue weighted by Gasteiger charge is -2.44. The fourth-order valence-corrected chi connectivity index (χ4v) is 8.61. The molecule has 4 fully saturated rings. The fraction of sp³-hybridized carbons (Fsp3) is 0.719. The van der Waals surface area contributed by atoms with Gasteiger partial charge in [0.25, 0.3) is 0 Å². The molecule has 0 amide bonds. The van der Waals surface area contributed by atoms with Crippen LogP contribution in [-0.4, -0.2) is 44.5 Å². The van der Waals surface area contributed by atoms with E-state index < -0.39 is 23.7 Å². The van der Waals surface area contributed by atoms with Crippen molar-refractivity contribution in [2.75, 3.05) is 5.75 Å². The second-order valence-electron chi connectivity index (χ2n) is 12.5. The van der Waals surface area contributed by atoms with Crippen LogP contribution in [0.15, 0.2) is 47.6 Å². The van der Waals surface area contributed by atoms with Gasteiger partial charge in [0.05, 0.1) is 23.7 Å². The molecular weight excluding hydrogens is 480 g/mol. The van der Waals surface area contributed by atoms with Gasteiger partial charge >= 0.3 is 0 Å². The molecule has 0 spiro atoms. The summed E-state index contributed by atoms with van der Waals surface area (Å²) >= 11 is 1.41. The van der Waals surface area contributed by atoms with Gasteiger partial charge < -0.3 is 15.3 Å². The van der Waals surface area contributed by atoms with Gasteiger partial charge in [-0.1, -0.05) is 81.0 Å². The van der Waals surface area contributed by atoms with Gasteiger partial charge in [-0.2, -0.15) is 0 Å². The van der Waals surface area contributed by atoms with Crippen molar-refractivity contribution in [3.8, 4) is 0 Å². The number of fused-ring (bicyclic) bond motifs is 1. The largest absolute Gasteiger partial charge is 0.388 e. The van der Waals surface area contributed by atoms with Crippen LogP contribution >= 0.6 is 11.8 Å². The summed E-state index contributed by atoms with van der Waals surface area (Å²) in [6.07, 6.45) is 17.4. The van der Waals surface area contributed by atoms with Crippen LogP contribution in [0.5, 0.6) is 0 Å². The number of allylic oxidation sites excluding steroid dienone is 4. The van der Waals surface area contributed by atoms with E-state index in [0.717, 1.165) is 43.4 Å². The Hall–Kier alpha value is -1.14. The molecule has 0 bridgehead atoms. The molecule has 0 unspecified atom stereocenters. The van der Waals surface area contributed by atoms with E-state index in [-0.39, 0.29) is 10.5 Å². The predicted octanol–water partition coefficient (Wildman–Crippen LogP) is 6.52. The monoisotopic (exact) mass is 528 g/mol. The zero-order valence-electron chi connectivity index (χ0n) is 23.1. The third kappa shape index (κ3) is 6.05. The second-order valence-corrected chi connectivity index (χ2v) is 13.6. The SMILES string of the molecule is C=C1[C@H](O)CC(=C/C=C2\CCC[C@]3(C)[C@@H]([C@@H](C)/C=C/[C@@H](O)C4(C(=O)SCCCC)CC4)CC[C@@H]23)C[C@H]1O. The van der Waals surface area contributed by atoms with Crippen molar-refractivity contribution in [2.45, 2.75) is 110 Å². The van der Waals surface area contributed by atoms with E-state index in [1.165, 1.54) is 43.0 Å². The maximum Gasteiger partial charge on any atom is 0.198 e. The highest BCUT2D eigenvalue weighted by atomic mass is 32.2. The number of aliphatic hydroxyl groups excluding tert-OH is 3. The summed E-state index contributed by atoms with van der Waals surface area (Å²) in [5, 5.41) is 31.5. The topological polar surface area (TPSA) is 77.8 Å². The Bertz CT molecular complexity index is 928. The minimum Gasteiger partial charge on any atom is -0.388 e. The van der Waals surface area contributed by atoms with E-state index in [1.807, 2.05) is 6.08 Å². The zero-order valence-corrected chi connectivity index (χ0v) is 23.9. The van der Waals surface area contributed by atoms with Crippen LogP contribution in [0.1, 0.15) is 91.4 Å². The molecule has 4 rings (SSSR count). The summed E-state index contributed by atoms with van der Waals surface area (Å²) in [4.78, 5) is 12.8. The number of rotatable bonds is 9. The summed E-state index contributed by atoms with van der Waals surface area (Å²) in [6.45, 7) is 10.7. The standard InChI is InChI=1S/C32H48O4S/c1-5-6-18-37-30(36)32(16-17-32)29(35)14-9-21(2)25-12-13-26-24(8-7-15-31(25,26)4)11-10-23-19-27(33)22(3)28(34)20-23/h9-11,14,21,25-29,33-35H,3,5-8,12-13,15-20H2,1-2,4H3/b14-9+,24-11+/t21-,25+,26-,27+,28+,29+,31+/m0/s1. The van der Waals surface area contributed by atoms with Gasteiger partial charge in [-0.15, -0.1) is 0 Å². The van der Waals surface area contributed by atoms with E-state index >= 15 is 0 Å². The molecule has 5 heteroatoms. The van der Waals surface area contributed by atoms with E-state index in [2.05, 4.69) is 45.6 Å². The van der Waals surface area contributed by atoms with Crippen LogP contribution in [0.4, 0.5) is 0 Å². The Labute approximate surface area is 228 Å². The lowest BCUT2D eigenvalue weighted by Crippen LogP contribution is -2.35. The lowest BCUT2D eigenvalue weighted by molar-refractivity contribution is -0.118. The minimum absolute atomic E-state index is 0.178. The normalized spacial score (nSPS) is 36.0. The first-order valence-corrected chi connectivity index (χ1v) is 15.6. The van der Waals surface area contributed by atoms with Crippen LogP contribution in [0.2, 0.25) is 0 Å². The highest BCUT2D eigenvalue weighted by Gasteiger charge is 2.54. The Morgan fingerprint density at radius 2 is 1.84 bits per heavy atom. The van der Waals surface area contributed by atoms with Crippen LogP contribution in [-0.2, 0) is 4.79 Å². The highest BCUT2D eigenvalue weighted by molar-refractivity contribution is 8.13. The van der Waals surface area contributed by atoms with Crippen molar-refractivity contribution < 1.29 is 20.1 Å². The Balaban J connectivity index is 1.40. The molecule has 7 atom stereocenters. The maximum absolute atomic E-state index is 12.8. The van der Waals surface area contributed by atoms with Gasteiger partial charge in [-0.3, -0.25) is 4.79 Å². The quantitative estimate of drug-likeness (QED) is 0.235. The fourth-order valence-electron chi connectivity index (χ4n) is 7.38. The molecule has 206 valence electrons. The Morgan fingerprint density at radius 3 is 2.49 bits per heavy atom. The van der Waals surface area contributed by atoms with E-state index in [1.54, 1.807) is 0 Å². The van der Waals surface area contributed by atoms with Crippen molar-refractivity contribution in [1.82, 2.24) is 0 Å². The minimum atomic E-state index is -0.674. The molecule has 0 heterocycles. The van der Waals surface area contributed by atoms with Gasteiger partial charge in [-0.05, 0) is 93.0 Å². The van der Waals surface area contributed by atoms with Crippen molar-refractivity contribution >= 4 is 16.9 Å². The lowest BCUT2D eigenvalue weighted by atomic mass is 9.61. The molecule has 0 radical (unpaired) electrons. The number of hydrogen-bond donors (Lipinski definition) is 3. The number of thioether (sulfide) groups is 1. The van der Waals surface area contributed by atoms with Crippen LogP contribution < -0.4 is 0 Å². The number of carbonyl (C=O) groups is 1. The molecule has 4 nitrogen and oxygen atoms in total. The van der Waals surface area contributed by atoms with Crippen LogP contribution in [0.25, 0.3) is 0 Å². The first-order valence-electron chi connectivity index (χ1n) is 14.6. The van der Waals surface area contributed by atoms with Crippen LogP contribution in [0, 0.1) is 28.6 Å². The van der Waals surface area contributed by atoms with Crippen molar-refractivity contribution in [3.05, 3.63) is 47.6 Å². The smallest absolute Gasteiger partial charge is 0.198 e. The maximum atomic E-state index is 12.8. The average Bonchev–Trinajstić information content (AvgIpc) is 3.60. The van der Waals surface area contributed by atoms with Crippen LogP contribution in [0.3, 0.4) is 0 Å². The van der Waals surface area contributed by atoms with Crippen molar-refractivity contribution in [3.63, 3.8) is 0 Å². The molecule has 0 aromatic heterocycles. The zero-order chi connectivity index (χ0) is 26.8. The van der Waals surface area contributed by atoms with E-state index in [4.69, 9.17) is 0 Å². The van der Waals surface area contributed by atoms with Crippen molar-refractivity contribution in [2.24, 2.45) is 28.6 Å². The second kappa shape index (κ2) is 11.9. The number of unbranched alkanes of at least 4 members (excludes halogenated alkanes) is 1. The number of hydrogen-bond acceptors (Lipinski definition) is 5. The van der Waals surface area contributed by atoms with Gasteiger partial charge in [0.15, 0.2) is 5.12 Å². The molecular formula is C32H48O4S. The summed E-state index contributed by atoms with van der Waals surface area (Å²) in [5.41, 5.74) is 2.84. The third-order valence-electron chi connectivity index (χ3n) is 10.1. The number of aliphatic hydroxyl groups is 3. The molecule has 4 saturated carbocycles. The molecule has 37 heavy (non-hydrogen) atoms. The first-order chi connectivity index (χ1) is 17.6. The molecule has 4 aliphatic rings. The highest BCUT2D eigenvalue weighted by Crippen LogP contribution is 2.60. The molecule has 3 N–H and O–H groups in total. The molecule has 4 aliphatic carbocycles. The van der Waals surface area contributed by atoms with Crippen molar-refractivity contribution in [1.29, 1.82) is 0 Å². The van der Waals surface area contributed by atoms with E-state index in [0.29, 0.717) is 36.2 Å². The molecule has 0 aliphatic heterocycles. The summed E-state index contributed by atoms with van der Waals surface area (Å²) in [7, 11) is 0. The predicted molar refractivity (Wildman–Crippen MR) is 153 cm³/mol. The van der Waals surface area contributed by atoms with E-state index in [9.17, 15) is 20.1 Å². The summed E-state index contributed by atoms with van der Waals surface area (Å²) in [6, 6.07) is 0. The first kappa shape index (κ1) is 28.9. The summed E-state index contributed by atoms with van der Waals surface area (Å²) in [5.74, 6) is 2.33. The van der Waals surface area contributed by atoms with Gasteiger partial charge in [0.1, 0.15) is 0 Å². The molecule has 0 aromatic rings. The molecule has 0 saturated heterocycles. The van der Waals surface area contributed by atoms with Gasteiger partial charge in [0.2, 0.25) is 0 Å². The summed E-state index contributed by atoms with van der Waals surface area (Å²) < 4.78 is 0. The number of carbonyl (C=O) groups excluding carboxylic acids is 1. The average molecular weight is 529 g/mol.